The van der Waals surface area contributed by atoms with E-state index in [-0.39, 0.29) is 11.3 Å². The highest BCUT2D eigenvalue weighted by atomic mass is 16.5. The van der Waals surface area contributed by atoms with Crippen molar-refractivity contribution in [1.82, 2.24) is 5.32 Å². The molecule has 2 saturated carbocycles. The number of carbonyl (C=O) groups excluding carboxylic acids is 1. The van der Waals surface area contributed by atoms with Gasteiger partial charge in [0.1, 0.15) is 5.75 Å². The Balaban J connectivity index is 1.62. The van der Waals surface area contributed by atoms with Crippen LogP contribution < -0.4 is 10.1 Å². The number of carbonyl (C=O) groups is 1. The van der Waals surface area contributed by atoms with Crippen molar-refractivity contribution in [2.45, 2.75) is 63.2 Å². The Morgan fingerprint density at radius 2 is 1.78 bits per heavy atom. The van der Waals surface area contributed by atoms with Gasteiger partial charge in [0.15, 0.2) is 0 Å². The molecule has 2 fully saturated rings. The number of hydrogen-bond donors (Lipinski definition) is 1. The van der Waals surface area contributed by atoms with E-state index in [0.29, 0.717) is 5.92 Å². The Labute approximate surface area is 139 Å². The van der Waals surface area contributed by atoms with Gasteiger partial charge in [-0.15, -0.1) is 0 Å². The fourth-order valence-corrected chi connectivity index (χ4v) is 4.38. The molecule has 1 aromatic carbocycles. The van der Waals surface area contributed by atoms with Gasteiger partial charge in [0.25, 0.3) is 0 Å². The zero-order valence-electron chi connectivity index (χ0n) is 14.3. The minimum absolute atomic E-state index is 0.123. The molecule has 0 bridgehead atoms. The lowest BCUT2D eigenvalue weighted by molar-refractivity contribution is -0.122. The molecule has 1 aromatic rings. The lowest BCUT2D eigenvalue weighted by Crippen LogP contribution is -2.39. The number of methoxy groups -OCH3 is 1. The average Bonchev–Trinajstić information content (AvgIpc) is 3.25. The van der Waals surface area contributed by atoms with Crippen LogP contribution in [-0.4, -0.2) is 19.6 Å². The molecule has 0 unspecified atom stereocenters. The number of hydrogen-bond acceptors (Lipinski definition) is 2. The third kappa shape index (κ3) is 3.88. The van der Waals surface area contributed by atoms with Gasteiger partial charge in [-0.05, 0) is 49.3 Å². The SMILES string of the molecule is COc1ccc(C2(CNC(=O)CC3CCCC3)CCCC2)cc1. The molecule has 0 atom stereocenters. The molecule has 3 nitrogen and oxygen atoms in total. The van der Waals surface area contributed by atoms with Gasteiger partial charge >= 0.3 is 0 Å². The molecule has 0 aromatic heterocycles. The topological polar surface area (TPSA) is 38.3 Å². The van der Waals surface area contributed by atoms with E-state index in [1.54, 1.807) is 7.11 Å². The molecule has 3 rings (SSSR count). The third-order valence-electron chi connectivity index (χ3n) is 5.84. The molecular weight excluding hydrogens is 286 g/mol. The van der Waals surface area contributed by atoms with E-state index in [0.717, 1.165) is 18.7 Å². The summed E-state index contributed by atoms with van der Waals surface area (Å²) in [5.41, 5.74) is 1.47. The van der Waals surface area contributed by atoms with Crippen LogP contribution in [0.4, 0.5) is 0 Å². The number of nitrogens with one attached hydrogen (secondary N) is 1. The van der Waals surface area contributed by atoms with E-state index in [9.17, 15) is 4.79 Å². The van der Waals surface area contributed by atoms with Crippen molar-refractivity contribution in [3.8, 4) is 5.75 Å². The maximum absolute atomic E-state index is 12.3. The lowest BCUT2D eigenvalue weighted by atomic mass is 9.78. The summed E-state index contributed by atoms with van der Waals surface area (Å²) in [6, 6.07) is 8.42. The summed E-state index contributed by atoms with van der Waals surface area (Å²) in [5.74, 6) is 1.76. The zero-order chi connectivity index (χ0) is 16.1. The molecule has 3 heteroatoms. The molecule has 1 amide bonds. The molecule has 0 spiro atoms. The van der Waals surface area contributed by atoms with Crippen LogP contribution in [0.15, 0.2) is 24.3 Å². The minimum atomic E-state index is 0.123. The van der Waals surface area contributed by atoms with Crippen LogP contribution in [0.2, 0.25) is 0 Å². The molecule has 0 saturated heterocycles. The molecule has 2 aliphatic carbocycles. The number of ether oxygens (including phenoxy) is 1. The first kappa shape index (κ1) is 16.4. The van der Waals surface area contributed by atoms with Crippen LogP contribution in [0, 0.1) is 5.92 Å². The van der Waals surface area contributed by atoms with Crippen LogP contribution in [0.3, 0.4) is 0 Å². The number of benzene rings is 1. The molecular formula is C20H29NO2. The summed E-state index contributed by atoms with van der Waals surface area (Å²) in [6.07, 6.45) is 10.6. The fraction of sp³-hybridized carbons (Fsp3) is 0.650. The van der Waals surface area contributed by atoms with E-state index >= 15 is 0 Å². The van der Waals surface area contributed by atoms with Gasteiger partial charge in [-0.25, -0.2) is 0 Å². The van der Waals surface area contributed by atoms with Gasteiger partial charge in [-0.2, -0.15) is 0 Å². The summed E-state index contributed by atoms with van der Waals surface area (Å²) in [6.45, 7) is 0.783. The van der Waals surface area contributed by atoms with Crippen LogP contribution in [-0.2, 0) is 10.2 Å². The number of amides is 1. The van der Waals surface area contributed by atoms with Crippen molar-refractivity contribution < 1.29 is 9.53 Å². The van der Waals surface area contributed by atoms with Crippen LogP contribution in [0.25, 0.3) is 0 Å². The average molecular weight is 315 g/mol. The Morgan fingerprint density at radius 1 is 1.13 bits per heavy atom. The molecule has 0 radical (unpaired) electrons. The van der Waals surface area contributed by atoms with Crippen LogP contribution in [0.1, 0.15) is 63.4 Å². The van der Waals surface area contributed by atoms with Gasteiger partial charge in [0.05, 0.1) is 7.11 Å². The second-order valence-corrected chi connectivity index (χ2v) is 7.35. The first-order chi connectivity index (χ1) is 11.2. The summed E-state index contributed by atoms with van der Waals surface area (Å²) < 4.78 is 5.27. The minimum Gasteiger partial charge on any atom is -0.497 e. The van der Waals surface area contributed by atoms with Crippen molar-refractivity contribution >= 4 is 5.91 Å². The highest BCUT2D eigenvalue weighted by Crippen LogP contribution is 2.41. The van der Waals surface area contributed by atoms with Gasteiger partial charge in [-0.1, -0.05) is 37.8 Å². The van der Waals surface area contributed by atoms with E-state index < -0.39 is 0 Å². The Hall–Kier alpha value is -1.51. The van der Waals surface area contributed by atoms with E-state index in [2.05, 4.69) is 17.4 Å². The predicted octanol–water partition coefficient (Wildman–Crippen LogP) is 4.20. The van der Waals surface area contributed by atoms with Crippen LogP contribution in [0.5, 0.6) is 5.75 Å². The summed E-state index contributed by atoms with van der Waals surface area (Å²) in [7, 11) is 1.70. The molecule has 1 N–H and O–H groups in total. The van der Waals surface area contributed by atoms with Crippen molar-refractivity contribution in [3.05, 3.63) is 29.8 Å². The number of rotatable bonds is 6. The molecule has 0 aliphatic heterocycles. The highest BCUT2D eigenvalue weighted by molar-refractivity contribution is 5.76. The van der Waals surface area contributed by atoms with Crippen molar-refractivity contribution in [3.63, 3.8) is 0 Å². The fourth-order valence-electron chi connectivity index (χ4n) is 4.38. The van der Waals surface area contributed by atoms with Gasteiger partial charge in [0, 0.05) is 18.4 Å². The maximum Gasteiger partial charge on any atom is 0.220 e. The second kappa shape index (κ2) is 7.37. The highest BCUT2D eigenvalue weighted by Gasteiger charge is 2.36. The third-order valence-corrected chi connectivity index (χ3v) is 5.84. The van der Waals surface area contributed by atoms with Gasteiger partial charge < -0.3 is 10.1 Å². The summed E-state index contributed by atoms with van der Waals surface area (Å²) in [4.78, 5) is 12.3. The summed E-state index contributed by atoms with van der Waals surface area (Å²) >= 11 is 0. The first-order valence-electron chi connectivity index (χ1n) is 9.13. The molecule has 126 valence electrons. The normalized spacial score (nSPS) is 20.6. The van der Waals surface area contributed by atoms with Gasteiger partial charge in [-0.3, -0.25) is 4.79 Å². The van der Waals surface area contributed by atoms with Crippen molar-refractivity contribution in [2.75, 3.05) is 13.7 Å². The molecule has 2 aliphatic rings. The largest absolute Gasteiger partial charge is 0.497 e. The van der Waals surface area contributed by atoms with E-state index in [1.165, 1.54) is 56.9 Å². The molecule has 0 heterocycles. The standard InChI is InChI=1S/C20H29NO2/c1-23-18-10-8-17(9-11-18)20(12-4-5-13-20)15-21-19(22)14-16-6-2-3-7-16/h8-11,16H,2-7,12-15H2,1H3,(H,21,22). The maximum atomic E-state index is 12.3. The summed E-state index contributed by atoms with van der Waals surface area (Å²) in [5, 5.41) is 3.25. The predicted molar refractivity (Wildman–Crippen MR) is 92.7 cm³/mol. The van der Waals surface area contributed by atoms with Crippen molar-refractivity contribution in [2.24, 2.45) is 5.92 Å². The Bertz CT molecular complexity index is 511. The van der Waals surface area contributed by atoms with E-state index in [1.807, 2.05) is 12.1 Å². The quantitative estimate of drug-likeness (QED) is 0.854. The smallest absolute Gasteiger partial charge is 0.220 e. The monoisotopic (exact) mass is 315 g/mol. The van der Waals surface area contributed by atoms with Crippen LogP contribution >= 0.6 is 0 Å². The Kier molecular flexibility index (Phi) is 5.24. The van der Waals surface area contributed by atoms with Crippen molar-refractivity contribution in [1.29, 1.82) is 0 Å². The van der Waals surface area contributed by atoms with Gasteiger partial charge in [0.2, 0.25) is 5.91 Å². The molecule has 23 heavy (non-hydrogen) atoms. The Morgan fingerprint density at radius 3 is 2.39 bits per heavy atom. The first-order valence-corrected chi connectivity index (χ1v) is 9.13. The lowest BCUT2D eigenvalue weighted by Gasteiger charge is -2.30. The van der Waals surface area contributed by atoms with E-state index in [4.69, 9.17) is 4.74 Å². The zero-order valence-corrected chi connectivity index (χ0v) is 14.3. The second-order valence-electron chi connectivity index (χ2n) is 7.35.